The molecule has 1 aliphatic rings. The van der Waals surface area contributed by atoms with Gasteiger partial charge in [0.05, 0.1) is 6.07 Å². The van der Waals surface area contributed by atoms with Gasteiger partial charge in [0.25, 0.3) is 0 Å². The van der Waals surface area contributed by atoms with Gasteiger partial charge in [-0.2, -0.15) is 5.26 Å². The molecule has 0 aromatic heterocycles. The summed E-state index contributed by atoms with van der Waals surface area (Å²) < 4.78 is 0. The SMILES string of the molecule is CCCC(C#N)(CCC)C(=O)NCCNC(=O)C1CC1. The number of nitrogens with one attached hydrogen (secondary N) is 2. The van der Waals surface area contributed by atoms with Crippen molar-refractivity contribution in [1.29, 1.82) is 5.26 Å². The molecular weight excluding hydrogens is 254 g/mol. The van der Waals surface area contributed by atoms with E-state index in [0.29, 0.717) is 25.9 Å². The molecule has 1 fully saturated rings. The first-order valence-electron chi connectivity index (χ1n) is 7.57. The van der Waals surface area contributed by atoms with Gasteiger partial charge in [-0.25, -0.2) is 0 Å². The van der Waals surface area contributed by atoms with Gasteiger partial charge < -0.3 is 10.6 Å². The van der Waals surface area contributed by atoms with Crippen LogP contribution in [0, 0.1) is 22.7 Å². The normalized spacial score (nSPS) is 14.4. The third-order valence-electron chi connectivity index (χ3n) is 3.66. The minimum absolute atomic E-state index is 0.0768. The summed E-state index contributed by atoms with van der Waals surface area (Å²) >= 11 is 0. The maximum Gasteiger partial charge on any atom is 0.240 e. The van der Waals surface area contributed by atoms with Crippen molar-refractivity contribution in [3.8, 4) is 6.07 Å². The first-order valence-corrected chi connectivity index (χ1v) is 7.57. The number of carbonyl (C=O) groups is 2. The highest BCUT2D eigenvalue weighted by atomic mass is 16.2. The molecule has 1 saturated carbocycles. The number of rotatable bonds is 9. The van der Waals surface area contributed by atoms with Gasteiger partial charge in [0.1, 0.15) is 5.41 Å². The molecule has 0 radical (unpaired) electrons. The summed E-state index contributed by atoms with van der Waals surface area (Å²) in [5.74, 6) is 0.0568. The minimum Gasteiger partial charge on any atom is -0.354 e. The molecule has 0 unspecified atom stereocenters. The van der Waals surface area contributed by atoms with E-state index in [1.807, 2.05) is 13.8 Å². The maximum atomic E-state index is 12.2. The molecule has 112 valence electrons. The zero-order valence-corrected chi connectivity index (χ0v) is 12.5. The third kappa shape index (κ3) is 4.52. The Hall–Kier alpha value is -1.57. The Labute approximate surface area is 121 Å². The molecule has 5 nitrogen and oxygen atoms in total. The summed E-state index contributed by atoms with van der Waals surface area (Å²) in [5.41, 5.74) is -0.913. The molecule has 0 bridgehead atoms. The van der Waals surface area contributed by atoms with Crippen LogP contribution in [-0.2, 0) is 9.59 Å². The van der Waals surface area contributed by atoms with Gasteiger partial charge in [-0.15, -0.1) is 0 Å². The standard InChI is InChI=1S/C15H25N3O2/c1-3-7-15(11-16,8-4-2)14(20)18-10-9-17-13(19)12-5-6-12/h12H,3-10H2,1-2H3,(H,17,19)(H,18,20). The second-order valence-electron chi connectivity index (χ2n) is 5.52. The summed E-state index contributed by atoms with van der Waals surface area (Å²) in [6.45, 7) is 4.77. The first-order chi connectivity index (χ1) is 9.59. The van der Waals surface area contributed by atoms with E-state index in [9.17, 15) is 14.9 Å². The lowest BCUT2D eigenvalue weighted by Gasteiger charge is -2.24. The molecule has 2 N–H and O–H groups in total. The zero-order valence-electron chi connectivity index (χ0n) is 12.5. The summed E-state index contributed by atoms with van der Waals surface area (Å²) in [6, 6.07) is 2.20. The van der Waals surface area contributed by atoms with Crippen molar-refractivity contribution < 1.29 is 9.59 Å². The van der Waals surface area contributed by atoms with Crippen molar-refractivity contribution >= 4 is 11.8 Å². The summed E-state index contributed by atoms with van der Waals surface area (Å²) in [4.78, 5) is 23.7. The van der Waals surface area contributed by atoms with E-state index >= 15 is 0 Å². The van der Waals surface area contributed by atoms with Crippen molar-refractivity contribution in [2.75, 3.05) is 13.1 Å². The Morgan fingerprint density at radius 2 is 1.70 bits per heavy atom. The van der Waals surface area contributed by atoms with Gasteiger partial charge >= 0.3 is 0 Å². The predicted molar refractivity (Wildman–Crippen MR) is 76.6 cm³/mol. The zero-order chi connectivity index (χ0) is 15.0. The van der Waals surface area contributed by atoms with E-state index in [1.165, 1.54) is 0 Å². The van der Waals surface area contributed by atoms with Crippen LogP contribution in [0.5, 0.6) is 0 Å². The van der Waals surface area contributed by atoms with E-state index in [2.05, 4.69) is 16.7 Å². The van der Waals surface area contributed by atoms with Gasteiger partial charge in [0.2, 0.25) is 11.8 Å². The molecule has 1 rings (SSSR count). The van der Waals surface area contributed by atoms with Gasteiger partial charge in [-0.1, -0.05) is 26.7 Å². The van der Waals surface area contributed by atoms with Crippen LogP contribution in [0.4, 0.5) is 0 Å². The summed E-state index contributed by atoms with van der Waals surface area (Å²) in [6.07, 6.45) is 4.72. The van der Waals surface area contributed by atoms with Crippen LogP contribution >= 0.6 is 0 Å². The molecule has 1 aliphatic carbocycles. The molecule has 0 atom stereocenters. The molecule has 0 aromatic rings. The van der Waals surface area contributed by atoms with Crippen molar-refractivity contribution in [1.82, 2.24) is 10.6 Å². The minimum atomic E-state index is -0.913. The van der Waals surface area contributed by atoms with Crippen molar-refractivity contribution in [2.24, 2.45) is 11.3 Å². The van der Waals surface area contributed by atoms with E-state index in [0.717, 1.165) is 25.7 Å². The summed E-state index contributed by atoms with van der Waals surface area (Å²) in [7, 11) is 0. The number of hydrogen-bond acceptors (Lipinski definition) is 3. The number of amides is 2. The number of hydrogen-bond donors (Lipinski definition) is 2. The predicted octanol–water partition coefficient (Wildman–Crippen LogP) is 1.74. The van der Waals surface area contributed by atoms with Gasteiger partial charge in [0.15, 0.2) is 0 Å². The van der Waals surface area contributed by atoms with Crippen LogP contribution in [0.15, 0.2) is 0 Å². The topological polar surface area (TPSA) is 82.0 Å². The first kappa shape index (κ1) is 16.5. The molecule has 5 heteroatoms. The highest BCUT2D eigenvalue weighted by molar-refractivity contribution is 5.85. The van der Waals surface area contributed by atoms with Gasteiger partial charge in [-0.05, 0) is 25.7 Å². The third-order valence-corrected chi connectivity index (χ3v) is 3.66. The Morgan fingerprint density at radius 1 is 1.15 bits per heavy atom. The van der Waals surface area contributed by atoms with Crippen molar-refractivity contribution in [2.45, 2.75) is 52.4 Å². The van der Waals surface area contributed by atoms with Crippen LogP contribution in [0.25, 0.3) is 0 Å². The number of nitrogens with zero attached hydrogens (tertiary/aromatic N) is 1. The monoisotopic (exact) mass is 279 g/mol. The lowest BCUT2D eigenvalue weighted by atomic mass is 9.80. The molecule has 0 aromatic carbocycles. The molecular formula is C15H25N3O2. The molecule has 2 amide bonds. The Kier molecular flexibility index (Phi) is 6.50. The van der Waals surface area contributed by atoms with E-state index in [1.54, 1.807) is 0 Å². The maximum absolute atomic E-state index is 12.2. The van der Waals surface area contributed by atoms with Gasteiger partial charge in [-0.3, -0.25) is 9.59 Å². The Morgan fingerprint density at radius 3 is 2.15 bits per heavy atom. The van der Waals surface area contributed by atoms with Gasteiger partial charge in [0, 0.05) is 19.0 Å². The van der Waals surface area contributed by atoms with Crippen LogP contribution in [0.2, 0.25) is 0 Å². The lowest BCUT2D eigenvalue weighted by molar-refractivity contribution is -0.129. The van der Waals surface area contributed by atoms with Crippen molar-refractivity contribution in [3.05, 3.63) is 0 Å². The van der Waals surface area contributed by atoms with E-state index < -0.39 is 5.41 Å². The molecule has 20 heavy (non-hydrogen) atoms. The van der Waals surface area contributed by atoms with Crippen LogP contribution < -0.4 is 10.6 Å². The second kappa shape index (κ2) is 7.88. The van der Waals surface area contributed by atoms with Crippen LogP contribution in [-0.4, -0.2) is 24.9 Å². The average Bonchev–Trinajstić information content (AvgIpc) is 3.27. The fourth-order valence-corrected chi connectivity index (χ4v) is 2.39. The molecule has 0 heterocycles. The van der Waals surface area contributed by atoms with Crippen molar-refractivity contribution in [3.63, 3.8) is 0 Å². The number of carbonyl (C=O) groups excluding carboxylic acids is 2. The summed E-state index contributed by atoms with van der Waals surface area (Å²) in [5, 5.41) is 14.9. The lowest BCUT2D eigenvalue weighted by Crippen LogP contribution is -2.43. The van der Waals surface area contributed by atoms with Crippen LogP contribution in [0.1, 0.15) is 52.4 Å². The largest absolute Gasteiger partial charge is 0.354 e. The Bertz CT molecular complexity index is 377. The number of nitriles is 1. The fourth-order valence-electron chi connectivity index (χ4n) is 2.39. The molecule has 0 spiro atoms. The molecule has 0 aliphatic heterocycles. The smallest absolute Gasteiger partial charge is 0.240 e. The highest BCUT2D eigenvalue weighted by Gasteiger charge is 2.36. The average molecular weight is 279 g/mol. The molecule has 0 saturated heterocycles. The van der Waals surface area contributed by atoms with Crippen LogP contribution in [0.3, 0.4) is 0 Å². The highest BCUT2D eigenvalue weighted by Crippen LogP contribution is 2.29. The van der Waals surface area contributed by atoms with E-state index in [-0.39, 0.29) is 17.7 Å². The van der Waals surface area contributed by atoms with E-state index in [4.69, 9.17) is 0 Å². The second-order valence-corrected chi connectivity index (χ2v) is 5.52. The quantitative estimate of drug-likeness (QED) is 0.631. The fraction of sp³-hybridized carbons (Fsp3) is 0.800. The Balaban J connectivity index is 2.37.